The number of nitrogens with one attached hydrogen (secondary N) is 1. The number of amides is 1. The highest BCUT2D eigenvalue weighted by Crippen LogP contribution is 2.13. The fourth-order valence-electron chi connectivity index (χ4n) is 2.92. The predicted octanol–water partition coefficient (Wildman–Crippen LogP) is 3.69. The molecule has 0 aliphatic heterocycles. The number of benzene rings is 2. The molecule has 0 saturated heterocycles. The van der Waals surface area contributed by atoms with Crippen molar-refractivity contribution in [1.82, 2.24) is 9.88 Å². The molecule has 0 bridgehead atoms. The summed E-state index contributed by atoms with van der Waals surface area (Å²) in [6.45, 7) is 3.10. The second-order valence-corrected chi connectivity index (χ2v) is 6.93. The van der Waals surface area contributed by atoms with Crippen molar-refractivity contribution in [2.45, 2.75) is 20.1 Å². The number of carbonyl (C=O) groups is 1. The van der Waals surface area contributed by atoms with Crippen LogP contribution in [0.15, 0.2) is 77.7 Å². The van der Waals surface area contributed by atoms with Gasteiger partial charge in [0.2, 0.25) is 11.3 Å². The number of carbonyl (C=O) groups excluding carboxylic acids is 1. The lowest BCUT2D eigenvalue weighted by molar-refractivity contribution is -0.116. The maximum atomic E-state index is 12.4. The van der Waals surface area contributed by atoms with Crippen molar-refractivity contribution in [3.8, 4) is 11.5 Å². The van der Waals surface area contributed by atoms with Crippen LogP contribution in [0.3, 0.4) is 0 Å². The van der Waals surface area contributed by atoms with Crippen LogP contribution in [0.25, 0.3) is 6.08 Å². The first-order valence-electron chi connectivity index (χ1n) is 10.1. The van der Waals surface area contributed by atoms with Gasteiger partial charge in [-0.2, -0.15) is 0 Å². The number of hydrogen-bond acceptors (Lipinski definition) is 4. The summed E-state index contributed by atoms with van der Waals surface area (Å²) in [5.74, 6) is 0.823. The van der Waals surface area contributed by atoms with E-state index in [1.54, 1.807) is 16.8 Å². The van der Waals surface area contributed by atoms with E-state index in [0.29, 0.717) is 18.9 Å². The number of aromatic nitrogens is 1. The Morgan fingerprint density at radius 3 is 2.52 bits per heavy atom. The van der Waals surface area contributed by atoms with E-state index in [1.807, 2.05) is 68.6 Å². The second kappa shape index (κ2) is 10.8. The zero-order chi connectivity index (χ0) is 22.1. The molecule has 0 atom stereocenters. The Bertz CT molecular complexity index is 1090. The highest BCUT2D eigenvalue weighted by molar-refractivity contribution is 5.91. The molecule has 160 valence electrons. The molecule has 2 aromatic carbocycles. The fraction of sp³-hybridized carbons (Fsp3) is 0.200. The molecule has 1 heterocycles. The van der Waals surface area contributed by atoms with E-state index >= 15 is 0 Å². The average Bonchev–Trinajstić information content (AvgIpc) is 2.79. The molecular weight excluding hydrogens is 392 g/mol. The van der Waals surface area contributed by atoms with Crippen molar-refractivity contribution in [1.29, 1.82) is 0 Å². The predicted molar refractivity (Wildman–Crippen MR) is 121 cm³/mol. The minimum absolute atomic E-state index is 0.219. The Morgan fingerprint density at radius 2 is 1.81 bits per heavy atom. The molecule has 0 unspecified atom stereocenters. The number of rotatable bonds is 9. The van der Waals surface area contributed by atoms with Crippen LogP contribution in [0.2, 0.25) is 0 Å². The largest absolute Gasteiger partial charge is 0.494 e. The Kier molecular flexibility index (Phi) is 7.65. The summed E-state index contributed by atoms with van der Waals surface area (Å²) in [5.41, 5.74) is 2.34. The third kappa shape index (κ3) is 6.60. The van der Waals surface area contributed by atoms with Crippen molar-refractivity contribution in [3.63, 3.8) is 0 Å². The molecule has 1 amide bonds. The van der Waals surface area contributed by atoms with Gasteiger partial charge in [0, 0.05) is 24.9 Å². The average molecular weight is 418 g/mol. The van der Waals surface area contributed by atoms with Crippen LogP contribution >= 0.6 is 0 Å². The molecule has 1 aromatic heterocycles. The zero-order valence-electron chi connectivity index (χ0n) is 17.7. The van der Waals surface area contributed by atoms with Gasteiger partial charge in [0.15, 0.2) is 5.75 Å². The Hall–Kier alpha value is -3.80. The topological polar surface area (TPSA) is 69.6 Å². The zero-order valence-corrected chi connectivity index (χ0v) is 17.7. The van der Waals surface area contributed by atoms with E-state index in [2.05, 4.69) is 5.32 Å². The summed E-state index contributed by atoms with van der Waals surface area (Å²) >= 11 is 0. The smallest absolute Gasteiger partial charge is 0.244 e. The SMILES string of the molecule is CCOc1ccc(/C=C/C(=O)NCc2cc(=O)c(OCc3ccccc3)cn2C)cc1. The lowest BCUT2D eigenvalue weighted by Crippen LogP contribution is -2.24. The van der Waals surface area contributed by atoms with Crippen molar-refractivity contribution < 1.29 is 14.3 Å². The monoisotopic (exact) mass is 418 g/mol. The minimum atomic E-state index is -0.245. The van der Waals surface area contributed by atoms with Gasteiger partial charge in [-0.15, -0.1) is 0 Å². The van der Waals surface area contributed by atoms with E-state index in [0.717, 1.165) is 16.9 Å². The van der Waals surface area contributed by atoms with Crippen molar-refractivity contribution in [2.75, 3.05) is 6.61 Å². The molecule has 6 heteroatoms. The van der Waals surface area contributed by atoms with Gasteiger partial charge in [-0.25, -0.2) is 0 Å². The van der Waals surface area contributed by atoms with Gasteiger partial charge in [0.05, 0.1) is 19.3 Å². The van der Waals surface area contributed by atoms with Gasteiger partial charge < -0.3 is 19.4 Å². The summed E-state index contributed by atoms with van der Waals surface area (Å²) in [5, 5.41) is 2.80. The van der Waals surface area contributed by atoms with Gasteiger partial charge in [-0.05, 0) is 36.3 Å². The summed E-state index contributed by atoms with van der Waals surface area (Å²) in [7, 11) is 1.81. The highest BCUT2D eigenvalue weighted by Gasteiger charge is 2.07. The van der Waals surface area contributed by atoms with Crippen molar-refractivity contribution in [2.24, 2.45) is 7.05 Å². The van der Waals surface area contributed by atoms with Crippen molar-refractivity contribution in [3.05, 3.63) is 100.0 Å². The molecule has 0 aliphatic rings. The number of nitrogens with zero attached hydrogens (tertiary/aromatic N) is 1. The first kappa shape index (κ1) is 21.9. The van der Waals surface area contributed by atoms with Crippen LogP contribution < -0.4 is 20.2 Å². The molecule has 6 nitrogen and oxygen atoms in total. The quantitative estimate of drug-likeness (QED) is 0.538. The maximum Gasteiger partial charge on any atom is 0.244 e. The Morgan fingerprint density at radius 1 is 1.06 bits per heavy atom. The van der Waals surface area contributed by atoms with Crippen LogP contribution in [0.1, 0.15) is 23.7 Å². The third-order valence-electron chi connectivity index (χ3n) is 4.60. The second-order valence-electron chi connectivity index (χ2n) is 6.93. The molecule has 31 heavy (non-hydrogen) atoms. The maximum absolute atomic E-state index is 12.4. The Balaban J connectivity index is 1.55. The minimum Gasteiger partial charge on any atom is -0.494 e. The van der Waals surface area contributed by atoms with Crippen LogP contribution in [0.4, 0.5) is 0 Å². The number of pyridine rings is 1. The number of hydrogen-bond donors (Lipinski definition) is 1. The van der Waals surface area contributed by atoms with Crippen LogP contribution in [-0.2, 0) is 25.0 Å². The van der Waals surface area contributed by atoms with Crippen LogP contribution in [0, 0.1) is 0 Å². The molecule has 0 fully saturated rings. The van der Waals surface area contributed by atoms with E-state index in [-0.39, 0.29) is 23.6 Å². The van der Waals surface area contributed by atoms with E-state index in [9.17, 15) is 9.59 Å². The molecule has 1 N–H and O–H groups in total. The van der Waals surface area contributed by atoms with Gasteiger partial charge in [0.25, 0.3) is 0 Å². The van der Waals surface area contributed by atoms with Crippen LogP contribution in [0.5, 0.6) is 11.5 Å². The first-order chi connectivity index (χ1) is 15.0. The molecular formula is C25H26N2O4. The van der Waals surface area contributed by atoms with E-state index in [1.165, 1.54) is 12.1 Å². The third-order valence-corrected chi connectivity index (χ3v) is 4.60. The molecule has 3 aromatic rings. The molecule has 0 radical (unpaired) electrons. The molecule has 0 saturated carbocycles. The van der Waals surface area contributed by atoms with Gasteiger partial charge in [0.1, 0.15) is 12.4 Å². The van der Waals surface area contributed by atoms with E-state index < -0.39 is 0 Å². The molecule has 0 spiro atoms. The lowest BCUT2D eigenvalue weighted by Gasteiger charge is -2.12. The van der Waals surface area contributed by atoms with E-state index in [4.69, 9.17) is 9.47 Å². The normalized spacial score (nSPS) is 10.8. The Labute approximate surface area is 181 Å². The summed E-state index contributed by atoms with van der Waals surface area (Å²) in [4.78, 5) is 24.5. The first-order valence-corrected chi connectivity index (χ1v) is 10.1. The summed E-state index contributed by atoms with van der Waals surface area (Å²) < 4.78 is 12.8. The van der Waals surface area contributed by atoms with Crippen molar-refractivity contribution >= 4 is 12.0 Å². The van der Waals surface area contributed by atoms with Gasteiger partial charge in [-0.1, -0.05) is 42.5 Å². The highest BCUT2D eigenvalue weighted by atomic mass is 16.5. The lowest BCUT2D eigenvalue weighted by atomic mass is 10.2. The number of ether oxygens (including phenoxy) is 2. The van der Waals surface area contributed by atoms with Crippen LogP contribution in [-0.4, -0.2) is 17.1 Å². The standard InChI is InChI=1S/C25H26N2O4/c1-3-30-22-12-9-19(10-13-22)11-14-25(29)26-16-21-15-23(28)24(17-27(21)2)31-18-20-7-5-4-6-8-20/h4-15,17H,3,16,18H2,1-2H3,(H,26,29)/b14-11+. The van der Waals surface area contributed by atoms with Gasteiger partial charge in [-0.3, -0.25) is 9.59 Å². The summed E-state index contributed by atoms with van der Waals surface area (Å²) in [6.07, 6.45) is 4.83. The molecule has 0 aliphatic carbocycles. The summed E-state index contributed by atoms with van der Waals surface area (Å²) in [6, 6.07) is 18.6. The van der Waals surface area contributed by atoms with Gasteiger partial charge >= 0.3 is 0 Å². The fourth-order valence-corrected chi connectivity index (χ4v) is 2.92. The molecule has 3 rings (SSSR count). The number of aryl methyl sites for hydroxylation is 1.